The van der Waals surface area contributed by atoms with E-state index >= 15 is 0 Å². The monoisotopic (exact) mass is 272 g/mol. The van der Waals surface area contributed by atoms with Gasteiger partial charge in [-0.1, -0.05) is 13.8 Å². The average molecular weight is 272 g/mol. The van der Waals surface area contributed by atoms with Crippen LogP contribution in [0.25, 0.3) is 0 Å². The standard InChI is InChI=1S/C13H24N2O4/c1-9(2)10-4-6-15(8-10)13(18)14-11(12(16)17)5-7-19-3/h9-11H,4-8H2,1-3H3,(H,14,18)(H,16,17). The molecular formula is C13H24N2O4. The van der Waals surface area contributed by atoms with E-state index in [1.807, 2.05) is 0 Å². The number of rotatable bonds is 6. The number of methoxy groups -OCH3 is 1. The second kappa shape index (κ2) is 7.33. The van der Waals surface area contributed by atoms with Crippen molar-refractivity contribution in [1.29, 1.82) is 0 Å². The lowest BCUT2D eigenvalue weighted by Gasteiger charge is -2.21. The highest BCUT2D eigenvalue weighted by Crippen LogP contribution is 2.23. The Morgan fingerprint density at radius 3 is 2.63 bits per heavy atom. The SMILES string of the molecule is COCCC(NC(=O)N1CCC(C(C)C)C1)C(=O)O. The number of carboxylic acids is 1. The van der Waals surface area contributed by atoms with E-state index in [1.165, 1.54) is 7.11 Å². The van der Waals surface area contributed by atoms with E-state index in [-0.39, 0.29) is 12.5 Å². The van der Waals surface area contributed by atoms with E-state index in [0.29, 0.717) is 31.5 Å². The maximum Gasteiger partial charge on any atom is 0.326 e. The maximum absolute atomic E-state index is 12.0. The van der Waals surface area contributed by atoms with Gasteiger partial charge >= 0.3 is 12.0 Å². The molecule has 1 aliphatic rings. The number of amides is 2. The Morgan fingerprint density at radius 2 is 2.16 bits per heavy atom. The summed E-state index contributed by atoms with van der Waals surface area (Å²) in [6, 6.07) is -1.17. The van der Waals surface area contributed by atoms with Crippen LogP contribution in [0.15, 0.2) is 0 Å². The molecule has 6 heteroatoms. The first-order valence-electron chi connectivity index (χ1n) is 6.72. The normalized spacial score (nSPS) is 20.6. The molecule has 2 amide bonds. The summed E-state index contributed by atoms with van der Waals surface area (Å²) in [5.41, 5.74) is 0. The number of ether oxygens (including phenoxy) is 1. The molecule has 110 valence electrons. The highest BCUT2D eigenvalue weighted by molar-refractivity contribution is 5.82. The minimum atomic E-state index is -1.02. The molecule has 0 aliphatic carbocycles. The zero-order valence-corrected chi connectivity index (χ0v) is 11.9. The number of hydrogen-bond donors (Lipinski definition) is 2. The van der Waals surface area contributed by atoms with Gasteiger partial charge in [0.25, 0.3) is 0 Å². The summed E-state index contributed by atoms with van der Waals surface area (Å²) in [6.07, 6.45) is 1.26. The number of nitrogens with zero attached hydrogens (tertiary/aromatic N) is 1. The quantitative estimate of drug-likeness (QED) is 0.760. The van der Waals surface area contributed by atoms with Crippen LogP contribution in [0, 0.1) is 11.8 Å². The Kier molecular flexibility index (Phi) is 6.08. The Morgan fingerprint density at radius 1 is 1.47 bits per heavy atom. The van der Waals surface area contributed by atoms with Crippen molar-refractivity contribution in [1.82, 2.24) is 10.2 Å². The van der Waals surface area contributed by atoms with Crippen LogP contribution in [0.3, 0.4) is 0 Å². The van der Waals surface area contributed by atoms with Gasteiger partial charge in [-0.05, 0) is 18.3 Å². The smallest absolute Gasteiger partial charge is 0.326 e. The Balaban J connectivity index is 2.46. The fourth-order valence-corrected chi connectivity index (χ4v) is 2.25. The first-order chi connectivity index (χ1) is 8.95. The van der Waals surface area contributed by atoms with Gasteiger partial charge in [-0.15, -0.1) is 0 Å². The molecule has 2 atom stereocenters. The van der Waals surface area contributed by atoms with Gasteiger partial charge < -0.3 is 20.1 Å². The molecule has 1 fully saturated rings. The van der Waals surface area contributed by atoms with E-state index < -0.39 is 12.0 Å². The predicted molar refractivity (Wildman–Crippen MR) is 71.0 cm³/mol. The molecule has 0 spiro atoms. The third kappa shape index (κ3) is 4.70. The highest BCUT2D eigenvalue weighted by atomic mass is 16.5. The lowest BCUT2D eigenvalue weighted by atomic mass is 9.95. The molecule has 2 N–H and O–H groups in total. The molecule has 0 aromatic rings. The number of aliphatic carboxylic acids is 1. The van der Waals surface area contributed by atoms with Crippen LogP contribution in [0.5, 0.6) is 0 Å². The molecule has 2 unspecified atom stereocenters. The van der Waals surface area contributed by atoms with Gasteiger partial charge in [0.15, 0.2) is 0 Å². The number of nitrogens with one attached hydrogen (secondary N) is 1. The van der Waals surface area contributed by atoms with Crippen LogP contribution in [-0.4, -0.2) is 54.9 Å². The lowest BCUT2D eigenvalue weighted by molar-refractivity contribution is -0.139. The number of urea groups is 1. The highest BCUT2D eigenvalue weighted by Gasteiger charge is 2.30. The molecule has 0 aromatic carbocycles. The van der Waals surface area contributed by atoms with Crippen LogP contribution in [0.2, 0.25) is 0 Å². The van der Waals surface area contributed by atoms with Crippen molar-refractivity contribution in [3.63, 3.8) is 0 Å². The van der Waals surface area contributed by atoms with Crippen LogP contribution in [0.1, 0.15) is 26.7 Å². The summed E-state index contributed by atoms with van der Waals surface area (Å²) in [4.78, 5) is 24.7. The summed E-state index contributed by atoms with van der Waals surface area (Å²) in [7, 11) is 1.51. The maximum atomic E-state index is 12.0. The number of carbonyl (C=O) groups is 2. The van der Waals surface area contributed by atoms with Crippen LogP contribution < -0.4 is 5.32 Å². The van der Waals surface area contributed by atoms with E-state index in [1.54, 1.807) is 4.90 Å². The van der Waals surface area contributed by atoms with Crippen molar-refractivity contribution in [3.8, 4) is 0 Å². The van der Waals surface area contributed by atoms with Crippen LogP contribution in [-0.2, 0) is 9.53 Å². The van der Waals surface area contributed by atoms with E-state index in [9.17, 15) is 9.59 Å². The van der Waals surface area contributed by atoms with Crippen molar-refractivity contribution >= 4 is 12.0 Å². The van der Waals surface area contributed by atoms with E-state index in [2.05, 4.69) is 19.2 Å². The lowest BCUT2D eigenvalue weighted by Crippen LogP contribution is -2.47. The molecule has 1 heterocycles. The molecule has 0 bridgehead atoms. The van der Waals surface area contributed by atoms with Gasteiger partial charge in [-0.25, -0.2) is 9.59 Å². The fourth-order valence-electron chi connectivity index (χ4n) is 2.25. The number of likely N-dealkylation sites (tertiary alicyclic amines) is 1. The van der Waals surface area contributed by atoms with Crippen molar-refractivity contribution in [2.45, 2.75) is 32.7 Å². The van der Waals surface area contributed by atoms with Gasteiger partial charge in [0.05, 0.1) is 0 Å². The first kappa shape index (κ1) is 15.8. The topological polar surface area (TPSA) is 78.9 Å². The Bertz CT molecular complexity index is 320. The van der Waals surface area contributed by atoms with Crippen molar-refractivity contribution in [2.75, 3.05) is 26.8 Å². The number of carbonyl (C=O) groups excluding carboxylic acids is 1. The molecule has 0 radical (unpaired) electrons. The third-order valence-corrected chi connectivity index (χ3v) is 3.66. The van der Waals surface area contributed by atoms with Gasteiger partial charge in [0.1, 0.15) is 6.04 Å². The summed E-state index contributed by atoms with van der Waals surface area (Å²) in [5, 5.41) is 11.6. The summed E-state index contributed by atoms with van der Waals surface area (Å²) >= 11 is 0. The zero-order chi connectivity index (χ0) is 14.4. The number of carboxylic acid groups (broad SMARTS) is 1. The van der Waals surface area contributed by atoms with E-state index in [4.69, 9.17) is 9.84 Å². The Labute approximate surface area is 114 Å². The largest absolute Gasteiger partial charge is 0.480 e. The molecule has 0 aromatic heterocycles. The van der Waals surface area contributed by atoms with Crippen molar-refractivity contribution in [2.24, 2.45) is 11.8 Å². The van der Waals surface area contributed by atoms with Gasteiger partial charge in [0.2, 0.25) is 0 Å². The zero-order valence-electron chi connectivity index (χ0n) is 11.9. The Hall–Kier alpha value is -1.30. The molecule has 1 saturated heterocycles. The first-order valence-corrected chi connectivity index (χ1v) is 6.72. The van der Waals surface area contributed by atoms with Gasteiger partial charge in [0, 0.05) is 33.2 Å². The summed E-state index contributed by atoms with van der Waals surface area (Å²) in [6.45, 7) is 6.01. The third-order valence-electron chi connectivity index (χ3n) is 3.66. The van der Waals surface area contributed by atoms with Crippen molar-refractivity contribution < 1.29 is 19.4 Å². The van der Waals surface area contributed by atoms with Gasteiger partial charge in [-0.2, -0.15) is 0 Å². The second-order valence-electron chi connectivity index (χ2n) is 5.36. The molecule has 6 nitrogen and oxygen atoms in total. The van der Waals surface area contributed by atoms with Crippen LogP contribution >= 0.6 is 0 Å². The summed E-state index contributed by atoms with van der Waals surface area (Å²) < 4.78 is 4.85. The van der Waals surface area contributed by atoms with Gasteiger partial charge in [-0.3, -0.25) is 0 Å². The number of hydrogen-bond acceptors (Lipinski definition) is 3. The fraction of sp³-hybridized carbons (Fsp3) is 0.846. The van der Waals surface area contributed by atoms with Crippen molar-refractivity contribution in [3.05, 3.63) is 0 Å². The minimum Gasteiger partial charge on any atom is -0.480 e. The molecule has 1 rings (SSSR count). The average Bonchev–Trinajstić information content (AvgIpc) is 2.83. The molecule has 19 heavy (non-hydrogen) atoms. The van der Waals surface area contributed by atoms with Crippen LogP contribution in [0.4, 0.5) is 4.79 Å². The molecule has 1 aliphatic heterocycles. The summed E-state index contributed by atoms with van der Waals surface area (Å²) in [5.74, 6) is 0.0274. The van der Waals surface area contributed by atoms with E-state index in [0.717, 1.165) is 6.42 Å². The molecule has 0 saturated carbocycles. The minimum absolute atomic E-state index is 0.277. The molecular weight excluding hydrogens is 248 g/mol. The predicted octanol–water partition coefficient (Wildman–Crippen LogP) is 1.16. The second-order valence-corrected chi connectivity index (χ2v) is 5.36.